The molecule has 1 fully saturated rings. The van der Waals surface area contributed by atoms with E-state index < -0.39 is 0 Å². The lowest BCUT2D eigenvalue weighted by Crippen LogP contribution is -2.13. The summed E-state index contributed by atoms with van der Waals surface area (Å²) in [5, 5.41) is -0.0192. The Morgan fingerprint density at radius 3 is 2.75 bits per heavy atom. The highest BCUT2D eigenvalue weighted by molar-refractivity contribution is 9.10. The first kappa shape index (κ1) is 12.4. The molecule has 1 nitrogen and oxygen atoms in total. The van der Waals surface area contributed by atoms with Gasteiger partial charge in [-0.25, -0.2) is 0 Å². The number of hydrogen-bond acceptors (Lipinski definition) is 1. The van der Waals surface area contributed by atoms with Gasteiger partial charge < -0.3 is 4.74 Å². The van der Waals surface area contributed by atoms with E-state index in [9.17, 15) is 0 Å². The largest absolute Gasteiger partial charge is 0.376 e. The van der Waals surface area contributed by atoms with Crippen molar-refractivity contribution in [2.45, 2.75) is 38.2 Å². The van der Waals surface area contributed by atoms with Crippen molar-refractivity contribution in [3.8, 4) is 0 Å². The van der Waals surface area contributed by atoms with Gasteiger partial charge in [-0.05, 0) is 49.4 Å². The Hall–Kier alpha value is -0.0500. The van der Waals surface area contributed by atoms with E-state index in [4.69, 9.17) is 16.3 Å². The van der Waals surface area contributed by atoms with E-state index in [-0.39, 0.29) is 11.5 Å². The van der Waals surface area contributed by atoms with Crippen LogP contribution in [0.3, 0.4) is 0 Å². The van der Waals surface area contributed by atoms with Crippen LogP contribution in [0.15, 0.2) is 16.6 Å². The quantitative estimate of drug-likeness (QED) is 0.730. The predicted molar refractivity (Wildman–Crippen MR) is 71.2 cm³/mol. The summed E-state index contributed by atoms with van der Waals surface area (Å²) in [5.41, 5.74) is 3.66. The lowest BCUT2D eigenvalue weighted by molar-refractivity contribution is 0.107. The molecule has 0 bridgehead atoms. The summed E-state index contributed by atoms with van der Waals surface area (Å²) in [4.78, 5) is 0. The second-order valence-electron chi connectivity index (χ2n) is 4.41. The van der Waals surface area contributed by atoms with E-state index in [1.165, 1.54) is 16.7 Å². The van der Waals surface area contributed by atoms with Crippen molar-refractivity contribution < 1.29 is 4.74 Å². The van der Waals surface area contributed by atoms with Crippen LogP contribution in [0.4, 0.5) is 0 Å². The van der Waals surface area contributed by atoms with Crippen molar-refractivity contribution in [1.82, 2.24) is 0 Å². The first-order valence-corrected chi connectivity index (χ1v) is 6.85. The third kappa shape index (κ3) is 2.44. The molecule has 0 radical (unpaired) electrons. The molecule has 16 heavy (non-hydrogen) atoms. The molecule has 1 aromatic rings. The number of hydrogen-bond donors (Lipinski definition) is 0. The topological polar surface area (TPSA) is 9.23 Å². The molecule has 1 aliphatic rings. The minimum Gasteiger partial charge on any atom is -0.376 e. The average molecular weight is 304 g/mol. The Morgan fingerprint density at radius 1 is 1.38 bits per heavy atom. The average Bonchev–Trinajstić information content (AvgIpc) is 2.75. The summed E-state index contributed by atoms with van der Waals surface area (Å²) in [5.74, 6) is 0. The van der Waals surface area contributed by atoms with Crippen LogP contribution in [0.25, 0.3) is 0 Å². The second-order valence-corrected chi connectivity index (χ2v) is 5.74. The van der Waals surface area contributed by atoms with Crippen molar-refractivity contribution in [3.05, 3.63) is 33.3 Å². The van der Waals surface area contributed by atoms with Gasteiger partial charge in [0.1, 0.15) is 0 Å². The molecular weight excluding hydrogens is 287 g/mol. The van der Waals surface area contributed by atoms with E-state index in [1.807, 2.05) is 0 Å². The lowest BCUT2D eigenvalue weighted by atomic mass is 9.98. The standard InChI is InChI=1S/C13H16BrClO/c1-8-7-11(14)9(2)6-10(8)13(15)12-4-3-5-16-12/h6-7,12-13H,3-5H2,1-2H3. The van der Waals surface area contributed by atoms with E-state index in [0.717, 1.165) is 23.9 Å². The lowest BCUT2D eigenvalue weighted by Gasteiger charge is -2.19. The maximum absolute atomic E-state index is 6.50. The fourth-order valence-electron chi connectivity index (χ4n) is 2.13. The molecule has 1 aromatic carbocycles. The summed E-state index contributed by atoms with van der Waals surface area (Å²) >= 11 is 10.0. The summed E-state index contributed by atoms with van der Waals surface area (Å²) in [6.45, 7) is 5.04. The zero-order valence-corrected chi connectivity index (χ0v) is 11.9. The number of alkyl halides is 1. The molecule has 0 aliphatic carbocycles. The van der Waals surface area contributed by atoms with Crippen molar-refractivity contribution >= 4 is 27.5 Å². The van der Waals surface area contributed by atoms with Gasteiger partial charge in [0, 0.05) is 11.1 Å². The molecule has 1 heterocycles. The molecule has 88 valence electrons. The van der Waals surface area contributed by atoms with Gasteiger partial charge in [0.05, 0.1) is 11.5 Å². The Bertz CT molecular complexity index is 386. The highest BCUT2D eigenvalue weighted by Gasteiger charge is 2.26. The maximum Gasteiger partial charge on any atom is 0.0849 e. The van der Waals surface area contributed by atoms with Gasteiger partial charge >= 0.3 is 0 Å². The van der Waals surface area contributed by atoms with Gasteiger partial charge in [-0.2, -0.15) is 0 Å². The van der Waals surface area contributed by atoms with E-state index in [2.05, 4.69) is 41.9 Å². The zero-order valence-electron chi connectivity index (χ0n) is 9.59. The van der Waals surface area contributed by atoms with Crippen molar-refractivity contribution in [3.63, 3.8) is 0 Å². The first-order valence-electron chi connectivity index (χ1n) is 5.62. The Labute approximate surface area is 110 Å². The Balaban J connectivity index is 2.28. The molecule has 0 amide bonds. The van der Waals surface area contributed by atoms with Gasteiger partial charge in [0.15, 0.2) is 0 Å². The van der Waals surface area contributed by atoms with E-state index in [0.29, 0.717) is 0 Å². The number of aryl methyl sites for hydroxylation is 2. The third-order valence-corrected chi connectivity index (χ3v) is 4.51. The fraction of sp³-hybridized carbons (Fsp3) is 0.538. The van der Waals surface area contributed by atoms with Gasteiger partial charge in [0.2, 0.25) is 0 Å². The first-order chi connectivity index (χ1) is 7.59. The Kier molecular flexibility index (Phi) is 3.93. The second kappa shape index (κ2) is 5.07. The van der Waals surface area contributed by atoms with Gasteiger partial charge in [0.25, 0.3) is 0 Å². The van der Waals surface area contributed by atoms with Gasteiger partial charge in [-0.3, -0.25) is 0 Å². The molecule has 0 saturated carbocycles. The van der Waals surface area contributed by atoms with E-state index >= 15 is 0 Å². The molecule has 1 saturated heterocycles. The van der Waals surface area contributed by atoms with Crippen molar-refractivity contribution in [2.75, 3.05) is 6.61 Å². The van der Waals surface area contributed by atoms with Gasteiger partial charge in [-0.1, -0.05) is 22.0 Å². The summed E-state index contributed by atoms with van der Waals surface area (Å²) < 4.78 is 6.79. The zero-order chi connectivity index (χ0) is 11.7. The van der Waals surface area contributed by atoms with Crippen LogP contribution < -0.4 is 0 Å². The highest BCUT2D eigenvalue weighted by Crippen LogP contribution is 2.35. The molecule has 2 unspecified atom stereocenters. The highest BCUT2D eigenvalue weighted by atomic mass is 79.9. The molecule has 3 heteroatoms. The number of ether oxygens (including phenoxy) is 1. The third-order valence-electron chi connectivity index (χ3n) is 3.14. The van der Waals surface area contributed by atoms with Crippen LogP contribution in [-0.2, 0) is 4.74 Å². The fourth-order valence-corrected chi connectivity index (χ4v) is 3.03. The summed E-state index contributed by atoms with van der Waals surface area (Å²) in [6.07, 6.45) is 2.38. The van der Waals surface area contributed by atoms with Crippen LogP contribution in [0.2, 0.25) is 0 Å². The van der Waals surface area contributed by atoms with Crippen LogP contribution in [-0.4, -0.2) is 12.7 Å². The maximum atomic E-state index is 6.50. The molecule has 1 aliphatic heterocycles. The Morgan fingerprint density at radius 2 is 2.12 bits per heavy atom. The van der Waals surface area contributed by atoms with Crippen molar-refractivity contribution in [2.24, 2.45) is 0 Å². The molecule has 0 spiro atoms. The summed E-state index contributed by atoms with van der Waals surface area (Å²) in [6, 6.07) is 4.30. The van der Waals surface area contributed by atoms with E-state index in [1.54, 1.807) is 0 Å². The molecule has 2 rings (SSSR count). The monoisotopic (exact) mass is 302 g/mol. The molecule has 0 aromatic heterocycles. The number of benzene rings is 1. The number of rotatable bonds is 2. The minimum atomic E-state index is -0.0192. The molecular formula is C13H16BrClO. The van der Waals surface area contributed by atoms with Crippen LogP contribution >= 0.6 is 27.5 Å². The molecule has 0 N–H and O–H groups in total. The molecule has 2 atom stereocenters. The predicted octanol–water partition coefficient (Wildman–Crippen LogP) is 4.52. The van der Waals surface area contributed by atoms with Crippen molar-refractivity contribution in [1.29, 1.82) is 0 Å². The van der Waals surface area contributed by atoms with Gasteiger partial charge in [-0.15, -0.1) is 11.6 Å². The minimum absolute atomic E-state index is 0.0192. The summed E-state index contributed by atoms with van der Waals surface area (Å²) in [7, 11) is 0. The normalized spacial score (nSPS) is 22.4. The number of halogens is 2. The smallest absolute Gasteiger partial charge is 0.0849 e. The van der Waals surface area contributed by atoms with Crippen LogP contribution in [0, 0.1) is 13.8 Å². The van der Waals surface area contributed by atoms with Crippen LogP contribution in [0.1, 0.15) is 34.9 Å². The van der Waals surface area contributed by atoms with Crippen LogP contribution in [0.5, 0.6) is 0 Å². The SMILES string of the molecule is Cc1cc(C(Cl)C2CCCO2)c(C)cc1Br.